The van der Waals surface area contributed by atoms with E-state index in [2.05, 4.69) is 4.98 Å². The fourth-order valence-corrected chi connectivity index (χ4v) is 0.937. The summed E-state index contributed by atoms with van der Waals surface area (Å²) in [5.74, 6) is 0. The Morgan fingerprint density at radius 2 is 2.08 bits per heavy atom. The second-order valence-electron chi connectivity index (χ2n) is 1.95. The van der Waals surface area contributed by atoms with Gasteiger partial charge in [-0.1, -0.05) is 0 Å². The van der Waals surface area contributed by atoms with Crippen LogP contribution in [0.25, 0.3) is 0 Å². The van der Waals surface area contributed by atoms with E-state index in [4.69, 9.17) is 0 Å². The molecule has 0 saturated heterocycles. The van der Waals surface area contributed by atoms with Crippen molar-refractivity contribution in [2.45, 2.75) is 11.3 Å². The average molecular weight is 199 g/mol. The number of rotatable bonds is 2. The van der Waals surface area contributed by atoms with E-state index in [-0.39, 0.29) is 23.8 Å². The molecule has 3 nitrogen and oxygen atoms in total. The number of nitrogens with zero attached hydrogens (tertiary/aromatic N) is 1. The fourth-order valence-electron chi connectivity index (χ4n) is 0.619. The molecule has 1 aromatic rings. The Labute approximate surface area is 88.0 Å². The molecule has 0 aliphatic carbocycles. The molecule has 13 heavy (non-hydrogen) atoms. The minimum Gasteiger partial charge on any atom is -0.768 e. The van der Waals surface area contributed by atoms with Crippen LogP contribution in [0.1, 0.15) is 12.1 Å². The third kappa shape index (κ3) is 3.52. The normalized spacial score (nSPS) is 12.3. The zero-order chi connectivity index (χ0) is 9.14. The summed E-state index contributed by atoms with van der Waals surface area (Å²) in [6.45, 7) is 0. The molecule has 1 rings (SSSR count). The summed E-state index contributed by atoms with van der Waals surface area (Å²) in [5.41, 5.74) is -0.427. The van der Waals surface area contributed by atoms with E-state index in [1.165, 1.54) is 0 Å². The van der Waals surface area contributed by atoms with E-state index in [1.54, 1.807) is 0 Å². The van der Waals surface area contributed by atoms with Gasteiger partial charge in [0.15, 0.2) is 0 Å². The Morgan fingerprint density at radius 3 is 2.38 bits per heavy atom. The summed E-state index contributed by atoms with van der Waals surface area (Å²) >= 11 is -2.41. The number of alkyl halides is 2. The topological polar surface area (TPSA) is 53.0 Å². The van der Waals surface area contributed by atoms with Gasteiger partial charge in [-0.05, 0) is 23.2 Å². The summed E-state index contributed by atoms with van der Waals surface area (Å²) < 4.78 is 44.3. The van der Waals surface area contributed by atoms with E-state index < -0.39 is 23.2 Å². The van der Waals surface area contributed by atoms with Gasteiger partial charge in [0.25, 0.3) is 6.43 Å². The minimum atomic E-state index is -2.67. The monoisotopic (exact) mass is 199 g/mol. The van der Waals surface area contributed by atoms with Crippen molar-refractivity contribution in [1.82, 2.24) is 4.98 Å². The van der Waals surface area contributed by atoms with Gasteiger partial charge in [0.05, 0.1) is 0 Å². The number of pyridine rings is 1. The maximum absolute atomic E-state index is 11.9. The van der Waals surface area contributed by atoms with Gasteiger partial charge in [0.1, 0.15) is 5.69 Å². The molecule has 66 valence electrons. The molecule has 0 bridgehead atoms. The summed E-state index contributed by atoms with van der Waals surface area (Å²) in [4.78, 5) is 3.16. The standard InChI is InChI=1S/C6H5F2NO2S.Li/c7-6(8)5-2-1-4(3-9-5)12(10)11;/h1-3,6H,(H,10,11);/q;+1/p-1. The SMILES string of the molecule is O=S([O-])c1ccc(C(F)F)nc1.[Li+]. The molecular formula is C6H4F2LiNO2S. The van der Waals surface area contributed by atoms with Crippen LogP contribution < -0.4 is 18.9 Å². The molecule has 0 fully saturated rings. The quantitative estimate of drug-likeness (QED) is 0.419. The van der Waals surface area contributed by atoms with Gasteiger partial charge in [-0.3, -0.25) is 9.19 Å². The first-order valence-electron chi connectivity index (χ1n) is 2.94. The molecule has 1 heterocycles. The Hall–Kier alpha value is -0.283. The van der Waals surface area contributed by atoms with Gasteiger partial charge in [-0.2, -0.15) is 0 Å². The molecule has 0 radical (unpaired) electrons. The average Bonchev–Trinajstić information content (AvgIpc) is 2.04. The first kappa shape index (κ1) is 12.7. The Bertz CT molecular complexity index is 293. The molecule has 0 amide bonds. The maximum Gasteiger partial charge on any atom is 1.00 e. The van der Waals surface area contributed by atoms with E-state index in [1.807, 2.05) is 0 Å². The molecule has 0 spiro atoms. The van der Waals surface area contributed by atoms with E-state index >= 15 is 0 Å². The number of halogens is 2. The first-order valence-corrected chi connectivity index (χ1v) is 4.02. The summed E-state index contributed by atoms with van der Waals surface area (Å²) in [6, 6.07) is 2.06. The van der Waals surface area contributed by atoms with Gasteiger partial charge in [0, 0.05) is 11.1 Å². The summed E-state index contributed by atoms with van der Waals surface area (Å²) in [5, 5.41) is 0. The van der Waals surface area contributed by atoms with Crippen LogP contribution in [-0.4, -0.2) is 13.7 Å². The van der Waals surface area contributed by atoms with Crippen LogP contribution in [-0.2, 0) is 11.1 Å². The second kappa shape index (κ2) is 5.45. The van der Waals surface area contributed by atoms with Crippen LogP contribution in [0.5, 0.6) is 0 Å². The third-order valence-electron chi connectivity index (χ3n) is 1.18. The zero-order valence-corrected chi connectivity index (χ0v) is 7.55. The van der Waals surface area contributed by atoms with Crippen LogP contribution in [0.3, 0.4) is 0 Å². The van der Waals surface area contributed by atoms with E-state index in [9.17, 15) is 17.5 Å². The molecule has 0 aromatic carbocycles. The van der Waals surface area contributed by atoms with Gasteiger partial charge >= 0.3 is 18.9 Å². The smallest absolute Gasteiger partial charge is 0.768 e. The van der Waals surface area contributed by atoms with Crippen LogP contribution >= 0.6 is 0 Å². The van der Waals surface area contributed by atoms with Crippen LogP contribution in [0.2, 0.25) is 0 Å². The van der Waals surface area contributed by atoms with Crippen molar-refractivity contribution in [1.29, 1.82) is 0 Å². The zero-order valence-electron chi connectivity index (χ0n) is 6.74. The van der Waals surface area contributed by atoms with E-state index in [0.717, 1.165) is 18.3 Å². The summed E-state index contributed by atoms with van der Waals surface area (Å²) in [7, 11) is 0. The Balaban J connectivity index is 0.00000144. The number of aromatic nitrogens is 1. The van der Waals surface area contributed by atoms with Crippen molar-refractivity contribution >= 4 is 11.1 Å². The molecule has 0 N–H and O–H groups in total. The second-order valence-corrected chi connectivity index (χ2v) is 2.89. The maximum atomic E-state index is 11.9. The largest absolute Gasteiger partial charge is 1.00 e. The molecule has 1 unspecified atom stereocenters. The number of hydrogen-bond donors (Lipinski definition) is 0. The fraction of sp³-hybridized carbons (Fsp3) is 0.167. The van der Waals surface area contributed by atoms with E-state index in [0.29, 0.717) is 0 Å². The van der Waals surface area contributed by atoms with Crippen LogP contribution in [0.15, 0.2) is 23.2 Å². The van der Waals surface area contributed by atoms with Crippen molar-refractivity contribution in [2.24, 2.45) is 0 Å². The first-order chi connectivity index (χ1) is 5.61. The van der Waals surface area contributed by atoms with Crippen LogP contribution in [0, 0.1) is 0 Å². The predicted molar refractivity (Wildman–Crippen MR) is 36.4 cm³/mol. The van der Waals surface area contributed by atoms with Crippen molar-refractivity contribution in [2.75, 3.05) is 0 Å². The minimum absolute atomic E-state index is 0. The molecule has 0 aliphatic heterocycles. The van der Waals surface area contributed by atoms with Gasteiger partial charge in [-0.25, -0.2) is 8.78 Å². The molecule has 0 saturated carbocycles. The molecule has 0 aliphatic rings. The van der Waals surface area contributed by atoms with Gasteiger partial charge < -0.3 is 4.55 Å². The van der Waals surface area contributed by atoms with Crippen molar-refractivity contribution < 1.29 is 36.4 Å². The van der Waals surface area contributed by atoms with Gasteiger partial charge in [0.2, 0.25) is 0 Å². The molecule has 7 heteroatoms. The van der Waals surface area contributed by atoms with Crippen molar-refractivity contribution in [3.05, 3.63) is 24.0 Å². The Morgan fingerprint density at radius 1 is 1.46 bits per heavy atom. The van der Waals surface area contributed by atoms with Gasteiger partial charge in [-0.15, -0.1) is 0 Å². The molecular weight excluding hydrogens is 195 g/mol. The van der Waals surface area contributed by atoms with Crippen LogP contribution in [0.4, 0.5) is 8.78 Å². The summed E-state index contributed by atoms with van der Waals surface area (Å²) in [6.07, 6.45) is -1.77. The third-order valence-corrected chi connectivity index (χ3v) is 1.80. The Kier molecular flexibility index (Phi) is 5.33. The van der Waals surface area contributed by atoms with Crippen molar-refractivity contribution in [3.63, 3.8) is 0 Å². The molecule has 1 aromatic heterocycles. The molecule has 1 atom stereocenters. The number of hydrogen-bond acceptors (Lipinski definition) is 3. The predicted octanol–water partition coefficient (Wildman–Crippen LogP) is -1.74. The van der Waals surface area contributed by atoms with Crippen molar-refractivity contribution in [3.8, 4) is 0 Å².